The highest BCUT2D eigenvalue weighted by Gasteiger charge is 2.04. The minimum Gasteiger partial charge on any atom is -0.494 e. The van der Waals surface area contributed by atoms with Crippen molar-refractivity contribution in [3.05, 3.63) is 54.4 Å². The van der Waals surface area contributed by atoms with E-state index in [9.17, 15) is 4.79 Å². The minimum atomic E-state index is -0.671. The topological polar surface area (TPSA) is 72.8 Å². The molecule has 1 N–H and O–H groups in total. The van der Waals surface area contributed by atoms with Gasteiger partial charge in [0.2, 0.25) is 0 Å². The Morgan fingerprint density at radius 2 is 2.26 bits per heavy atom. The van der Waals surface area contributed by atoms with Gasteiger partial charge in [-0.2, -0.15) is 0 Å². The predicted octanol–water partition coefficient (Wildman–Crippen LogP) is 3.84. The highest BCUT2D eigenvalue weighted by atomic mass is 16.7. The van der Waals surface area contributed by atoms with Gasteiger partial charge in [0.15, 0.2) is 0 Å². The fourth-order valence-corrected chi connectivity index (χ4v) is 1.73. The fraction of sp³-hybridized carbons (Fsp3) is 0.235. The van der Waals surface area contributed by atoms with Crippen LogP contribution in [0.1, 0.15) is 25.3 Å². The van der Waals surface area contributed by atoms with E-state index in [4.69, 9.17) is 9.57 Å². The molecule has 0 saturated heterocycles. The first-order valence-corrected chi connectivity index (χ1v) is 7.42. The predicted molar refractivity (Wildman–Crippen MR) is 88.8 cm³/mol. The number of pyridine rings is 1. The summed E-state index contributed by atoms with van der Waals surface area (Å²) in [5, 5.41) is 6.20. The van der Waals surface area contributed by atoms with E-state index in [0.29, 0.717) is 18.0 Å². The number of hydrogen-bond donors (Lipinski definition) is 1. The molecule has 1 aromatic heterocycles. The summed E-state index contributed by atoms with van der Waals surface area (Å²) in [5.41, 5.74) is 1.33. The number of aromatic nitrogens is 1. The molecule has 2 rings (SSSR count). The fourth-order valence-electron chi connectivity index (χ4n) is 1.73. The van der Waals surface area contributed by atoms with Gasteiger partial charge in [-0.3, -0.25) is 15.1 Å². The Bertz CT molecular complexity index is 645. The number of carbonyl (C=O) groups excluding carboxylic acids is 1. The molecule has 0 spiro atoms. The standard InChI is InChI=1S/C17H19N3O3/c1-2-3-10-22-16-8-4-7-15(11-16)20-17(21)23-19-13-14-6-5-9-18-12-14/h4-9,11-13H,2-3,10H2,1H3,(H,20,21). The van der Waals surface area contributed by atoms with Crippen molar-refractivity contribution in [1.29, 1.82) is 0 Å². The summed E-state index contributed by atoms with van der Waals surface area (Å²) < 4.78 is 5.58. The molecule has 1 heterocycles. The van der Waals surface area contributed by atoms with Gasteiger partial charge in [-0.25, -0.2) is 4.79 Å². The van der Waals surface area contributed by atoms with E-state index in [-0.39, 0.29) is 0 Å². The van der Waals surface area contributed by atoms with Crippen LogP contribution in [0.2, 0.25) is 0 Å². The second-order valence-corrected chi connectivity index (χ2v) is 4.75. The van der Waals surface area contributed by atoms with E-state index < -0.39 is 6.09 Å². The molecule has 0 fully saturated rings. The minimum absolute atomic E-state index is 0.584. The van der Waals surface area contributed by atoms with Gasteiger partial charge < -0.3 is 4.74 Å². The van der Waals surface area contributed by atoms with Crippen molar-refractivity contribution in [2.75, 3.05) is 11.9 Å². The number of amides is 1. The summed E-state index contributed by atoms with van der Waals surface area (Å²) in [7, 11) is 0. The van der Waals surface area contributed by atoms with Crippen molar-refractivity contribution in [2.45, 2.75) is 19.8 Å². The summed E-state index contributed by atoms with van der Waals surface area (Å²) in [5.74, 6) is 0.704. The summed E-state index contributed by atoms with van der Waals surface area (Å²) in [6, 6.07) is 10.7. The molecule has 0 unspecified atom stereocenters. The van der Waals surface area contributed by atoms with Crippen molar-refractivity contribution in [2.24, 2.45) is 5.16 Å². The van der Waals surface area contributed by atoms with Crippen LogP contribution in [-0.2, 0) is 4.84 Å². The molecule has 0 saturated carbocycles. The molecule has 6 nitrogen and oxygen atoms in total. The van der Waals surface area contributed by atoms with E-state index in [2.05, 4.69) is 22.4 Å². The number of oxime groups is 1. The maximum absolute atomic E-state index is 11.7. The first-order valence-electron chi connectivity index (χ1n) is 7.42. The number of ether oxygens (including phenoxy) is 1. The van der Waals surface area contributed by atoms with E-state index in [1.165, 1.54) is 6.21 Å². The zero-order chi connectivity index (χ0) is 16.3. The van der Waals surface area contributed by atoms with Gasteiger partial charge >= 0.3 is 6.09 Å². The van der Waals surface area contributed by atoms with Gasteiger partial charge in [-0.1, -0.05) is 30.6 Å². The van der Waals surface area contributed by atoms with Crippen molar-refractivity contribution >= 4 is 18.0 Å². The number of carbonyl (C=O) groups is 1. The first-order chi connectivity index (χ1) is 11.3. The maximum Gasteiger partial charge on any atom is 0.437 e. The molecule has 0 radical (unpaired) electrons. The van der Waals surface area contributed by atoms with Crippen LogP contribution in [0, 0.1) is 0 Å². The maximum atomic E-state index is 11.7. The van der Waals surface area contributed by atoms with Gasteiger partial charge in [-0.15, -0.1) is 0 Å². The van der Waals surface area contributed by atoms with Crippen LogP contribution in [-0.4, -0.2) is 23.9 Å². The van der Waals surface area contributed by atoms with Crippen molar-refractivity contribution < 1.29 is 14.4 Å². The summed E-state index contributed by atoms with van der Waals surface area (Å²) in [6.45, 7) is 2.75. The Hall–Kier alpha value is -2.89. The third kappa shape index (κ3) is 6.17. The monoisotopic (exact) mass is 313 g/mol. The van der Waals surface area contributed by atoms with Crippen molar-refractivity contribution in [3.8, 4) is 5.75 Å². The van der Waals surface area contributed by atoms with Gasteiger partial charge in [0.05, 0.1) is 12.8 Å². The van der Waals surface area contributed by atoms with Gasteiger partial charge in [0, 0.05) is 29.7 Å². The number of unbranched alkanes of at least 4 members (excludes halogenated alkanes) is 1. The Morgan fingerprint density at radius 1 is 1.35 bits per heavy atom. The molecule has 120 valence electrons. The molecule has 0 bridgehead atoms. The summed E-state index contributed by atoms with van der Waals surface area (Å²) >= 11 is 0. The van der Waals surface area contributed by atoms with Crippen LogP contribution in [0.3, 0.4) is 0 Å². The van der Waals surface area contributed by atoms with Gasteiger partial charge in [0.1, 0.15) is 5.75 Å². The molecule has 2 aromatic rings. The molecule has 23 heavy (non-hydrogen) atoms. The molecule has 0 aliphatic heterocycles. The van der Waals surface area contributed by atoms with Crippen molar-refractivity contribution in [1.82, 2.24) is 4.98 Å². The quantitative estimate of drug-likeness (QED) is 0.365. The number of benzene rings is 1. The lowest BCUT2D eigenvalue weighted by atomic mass is 10.3. The van der Waals surface area contributed by atoms with E-state index >= 15 is 0 Å². The van der Waals surface area contributed by atoms with Gasteiger partial charge in [-0.05, 0) is 24.6 Å². The Labute approximate surface area is 135 Å². The average molecular weight is 313 g/mol. The molecule has 0 aliphatic rings. The first kappa shape index (κ1) is 16.5. The molecule has 1 amide bonds. The van der Waals surface area contributed by atoms with Crippen LogP contribution in [0.4, 0.5) is 10.5 Å². The van der Waals surface area contributed by atoms with E-state index in [1.54, 1.807) is 42.7 Å². The number of nitrogens with zero attached hydrogens (tertiary/aromatic N) is 2. The highest BCUT2D eigenvalue weighted by molar-refractivity contribution is 5.86. The third-order valence-corrected chi connectivity index (χ3v) is 2.87. The van der Waals surface area contributed by atoms with Gasteiger partial charge in [0.25, 0.3) is 0 Å². The van der Waals surface area contributed by atoms with Crippen LogP contribution >= 0.6 is 0 Å². The summed E-state index contributed by atoms with van der Waals surface area (Å²) in [4.78, 5) is 20.3. The molecule has 6 heteroatoms. The van der Waals surface area contributed by atoms with Crippen LogP contribution in [0.15, 0.2) is 53.9 Å². The third-order valence-electron chi connectivity index (χ3n) is 2.87. The van der Waals surface area contributed by atoms with Crippen LogP contribution in [0.25, 0.3) is 0 Å². The number of nitrogens with one attached hydrogen (secondary N) is 1. The SMILES string of the molecule is CCCCOc1cccc(NC(=O)ON=Cc2cccnc2)c1. The zero-order valence-corrected chi connectivity index (χ0v) is 12.9. The highest BCUT2D eigenvalue weighted by Crippen LogP contribution is 2.17. The molecule has 1 aromatic carbocycles. The smallest absolute Gasteiger partial charge is 0.437 e. The summed E-state index contributed by atoms with van der Waals surface area (Å²) in [6.07, 6.45) is 6.07. The van der Waals surface area contributed by atoms with Crippen molar-refractivity contribution in [3.63, 3.8) is 0 Å². The number of rotatable bonds is 7. The molecule has 0 atom stereocenters. The lowest BCUT2D eigenvalue weighted by molar-refractivity contribution is 0.167. The number of hydrogen-bond acceptors (Lipinski definition) is 5. The normalized spacial score (nSPS) is 10.5. The molecular formula is C17H19N3O3. The second-order valence-electron chi connectivity index (χ2n) is 4.75. The molecule has 0 aliphatic carbocycles. The second kappa shape index (κ2) is 9.19. The van der Waals surface area contributed by atoms with E-state index in [1.807, 2.05) is 6.07 Å². The zero-order valence-electron chi connectivity index (χ0n) is 12.9. The lowest BCUT2D eigenvalue weighted by Crippen LogP contribution is -2.11. The Kier molecular flexibility index (Phi) is 6.59. The largest absolute Gasteiger partial charge is 0.494 e. The van der Waals surface area contributed by atoms with E-state index in [0.717, 1.165) is 18.4 Å². The number of anilines is 1. The van der Waals surface area contributed by atoms with Crippen LogP contribution in [0.5, 0.6) is 5.75 Å². The Morgan fingerprint density at radius 3 is 3.04 bits per heavy atom. The Balaban J connectivity index is 1.82. The lowest BCUT2D eigenvalue weighted by Gasteiger charge is -2.07. The van der Waals surface area contributed by atoms with Crippen LogP contribution < -0.4 is 10.1 Å². The molecular weight excluding hydrogens is 294 g/mol. The average Bonchev–Trinajstić information content (AvgIpc) is 2.56.